The minimum atomic E-state index is -0.477. The maximum absolute atomic E-state index is 12.4. The summed E-state index contributed by atoms with van der Waals surface area (Å²) < 4.78 is 4.68. The minimum Gasteiger partial charge on any atom is -0.465 e. The van der Waals surface area contributed by atoms with Crippen LogP contribution in [0.15, 0.2) is 60.9 Å². The molecule has 0 fully saturated rings. The highest BCUT2D eigenvalue weighted by Crippen LogP contribution is 2.19. The zero-order valence-electron chi connectivity index (χ0n) is 16.3. The van der Waals surface area contributed by atoms with E-state index in [0.29, 0.717) is 17.1 Å². The van der Waals surface area contributed by atoms with Crippen molar-refractivity contribution in [1.82, 2.24) is 9.97 Å². The number of carbonyl (C=O) groups excluding carboxylic acids is 2. The van der Waals surface area contributed by atoms with E-state index in [4.69, 9.17) is 0 Å². The number of hydrogen-bond acceptors (Lipinski definition) is 7. The van der Waals surface area contributed by atoms with Gasteiger partial charge < -0.3 is 20.3 Å². The molecular formula is C21H21N5O3. The second kappa shape index (κ2) is 8.83. The highest BCUT2D eigenvalue weighted by molar-refractivity contribution is 6.03. The van der Waals surface area contributed by atoms with Gasteiger partial charge in [-0.3, -0.25) is 4.79 Å². The molecule has 0 bridgehead atoms. The van der Waals surface area contributed by atoms with Crippen molar-refractivity contribution in [3.63, 3.8) is 0 Å². The summed E-state index contributed by atoms with van der Waals surface area (Å²) in [6.07, 6.45) is 2.87. The molecular weight excluding hydrogens is 370 g/mol. The molecule has 0 aliphatic rings. The van der Waals surface area contributed by atoms with E-state index < -0.39 is 11.9 Å². The summed E-state index contributed by atoms with van der Waals surface area (Å²) in [6, 6.07) is 14.3. The molecule has 0 saturated heterocycles. The molecule has 29 heavy (non-hydrogen) atoms. The molecule has 0 radical (unpaired) electrons. The van der Waals surface area contributed by atoms with Crippen LogP contribution < -0.4 is 15.5 Å². The van der Waals surface area contributed by atoms with Crippen LogP contribution in [0, 0.1) is 0 Å². The van der Waals surface area contributed by atoms with E-state index in [1.54, 1.807) is 18.2 Å². The van der Waals surface area contributed by atoms with Gasteiger partial charge in [0, 0.05) is 31.2 Å². The van der Waals surface area contributed by atoms with Gasteiger partial charge in [-0.15, -0.1) is 0 Å². The number of hydrogen-bond donors (Lipinski definition) is 2. The molecule has 0 atom stereocenters. The Labute approximate surface area is 168 Å². The molecule has 148 valence electrons. The highest BCUT2D eigenvalue weighted by atomic mass is 16.5. The molecule has 1 amide bonds. The van der Waals surface area contributed by atoms with Crippen molar-refractivity contribution in [2.45, 2.75) is 0 Å². The van der Waals surface area contributed by atoms with Crippen LogP contribution in [-0.4, -0.2) is 43.0 Å². The van der Waals surface area contributed by atoms with Gasteiger partial charge in [-0.2, -0.15) is 0 Å². The number of anilines is 4. The van der Waals surface area contributed by atoms with E-state index in [1.807, 2.05) is 43.3 Å². The van der Waals surface area contributed by atoms with E-state index in [0.717, 1.165) is 11.4 Å². The topological polar surface area (TPSA) is 96.4 Å². The highest BCUT2D eigenvalue weighted by Gasteiger charge is 2.11. The molecule has 0 saturated carbocycles. The predicted molar refractivity (Wildman–Crippen MR) is 112 cm³/mol. The maximum atomic E-state index is 12.4. The first-order valence-corrected chi connectivity index (χ1v) is 8.82. The number of amides is 1. The Morgan fingerprint density at radius 3 is 2.34 bits per heavy atom. The fourth-order valence-corrected chi connectivity index (χ4v) is 2.54. The summed E-state index contributed by atoms with van der Waals surface area (Å²) in [5, 5.41) is 5.83. The van der Waals surface area contributed by atoms with E-state index >= 15 is 0 Å². The summed E-state index contributed by atoms with van der Waals surface area (Å²) in [7, 11) is 5.25. The SMILES string of the molecule is COC(=O)c1cccc(NC(=O)c2cnc(Nc3ccc(N(C)C)cc3)cn2)c1. The van der Waals surface area contributed by atoms with Crippen LogP contribution in [0.4, 0.5) is 22.9 Å². The second-order valence-corrected chi connectivity index (χ2v) is 6.38. The summed E-state index contributed by atoms with van der Waals surface area (Å²) in [5.41, 5.74) is 2.91. The van der Waals surface area contributed by atoms with Gasteiger partial charge in [0.15, 0.2) is 0 Å². The number of benzene rings is 2. The van der Waals surface area contributed by atoms with Crippen LogP contribution in [0.2, 0.25) is 0 Å². The largest absolute Gasteiger partial charge is 0.465 e. The van der Waals surface area contributed by atoms with E-state index in [1.165, 1.54) is 25.6 Å². The fourth-order valence-electron chi connectivity index (χ4n) is 2.54. The van der Waals surface area contributed by atoms with Crippen molar-refractivity contribution in [2.75, 3.05) is 36.7 Å². The Morgan fingerprint density at radius 1 is 0.966 bits per heavy atom. The molecule has 8 nitrogen and oxygen atoms in total. The van der Waals surface area contributed by atoms with Crippen LogP contribution in [0.1, 0.15) is 20.8 Å². The van der Waals surface area contributed by atoms with Crippen molar-refractivity contribution < 1.29 is 14.3 Å². The monoisotopic (exact) mass is 391 g/mol. The smallest absolute Gasteiger partial charge is 0.337 e. The average Bonchev–Trinajstić information content (AvgIpc) is 2.74. The lowest BCUT2D eigenvalue weighted by Crippen LogP contribution is -2.14. The van der Waals surface area contributed by atoms with Gasteiger partial charge in [0.2, 0.25) is 0 Å². The molecule has 2 aromatic carbocycles. The van der Waals surface area contributed by atoms with Gasteiger partial charge in [0.1, 0.15) is 11.5 Å². The van der Waals surface area contributed by atoms with E-state index in [-0.39, 0.29) is 5.69 Å². The van der Waals surface area contributed by atoms with Gasteiger partial charge in [-0.05, 0) is 42.5 Å². The first-order chi connectivity index (χ1) is 14.0. The number of nitrogens with zero attached hydrogens (tertiary/aromatic N) is 3. The number of esters is 1. The van der Waals surface area contributed by atoms with E-state index in [2.05, 4.69) is 25.3 Å². The van der Waals surface area contributed by atoms with E-state index in [9.17, 15) is 9.59 Å². The maximum Gasteiger partial charge on any atom is 0.337 e. The number of carbonyl (C=O) groups is 2. The van der Waals surface area contributed by atoms with Crippen LogP contribution in [0.3, 0.4) is 0 Å². The third-order valence-corrected chi connectivity index (χ3v) is 4.08. The molecule has 1 heterocycles. The molecule has 1 aromatic heterocycles. The molecule has 3 aromatic rings. The average molecular weight is 391 g/mol. The summed E-state index contributed by atoms with van der Waals surface area (Å²) in [5.74, 6) is -0.386. The Morgan fingerprint density at radius 2 is 1.72 bits per heavy atom. The molecule has 8 heteroatoms. The van der Waals surface area contributed by atoms with Crippen LogP contribution in [0.5, 0.6) is 0 Å². The Bertz CT molecular complexity index is 1000. The molecule has 0 spiro atoms. The lowest BCUT2D eigenvalue weighted by molar-refractivity contribution is 0.0600. The van der Waals surface area contributed by atoms with Gasteiger partial charge in [0.25, 0.3) is 5.91 Å². The Hall–Kier alpha value is -3.94. The first kappa shape index (κ1) is 19.8. The number of nitrogens with one attached hydrogen (secondary N) is 2. The standard InChI is InChI=1S/C21H21N5O3/c1-26(2)17-9-7-15(8-10-17)24-19-13-22-18(12-23-19)20(27)25-16-6-4-5-14(11-16)21(28)29-3/h4-13H,1-3H3,(H,23,24)(H,25,27). The number of ether oxygens (including phenoxy) is 1. The molecule has 2 N–H and O–H groups in total. The third-order valence-electron chi connectivity index (χ3n) is 4.08. The van der Waals surface area contributed by atoms with Crippen molar-refractivity contribution in [3.05, 3.63) is 72.2 Å². The Kier molecular flexibility index (Phi) is 6.03. The van der Waals surface area contributed by atoms with Gasteiger partial charge in [0.05, 0.1) is 25.1 Å². The summed E-state index contributed by atoms with van der Waals surface area (Å²) in [6.45, 7) is 0. The zero-order chi connectivity index (χ0) is 20.8. The van der Waals surface area contributed by atoms with Gasteiger partial charge >= 0.3 is 5.97 Å². The molecule has 0 unspecified atom stereocenters. The molecule has 0 aliphatic carbocycles. The second-order valence-electron chi connectivity index (χ2n) is 6.38. The van der Waals surface area contributed by atoms with Crippen molar-refractivity contribution in [3.8, 4) is 0 Å². The lowest BCUT2D eigenvalue weighted by atomic mass is 10.2. The van der Waals surface area contributed by atoms with Crippen molar-refractivity contribution >= 4 is 34.8 Å². The number of rotatable bonds is 6. The van der Waals surface area contributed by atoms with Crippen molar-refractivity contribution in [1.29, 1.82) is 0 Å². The minimum absolute atomic E-state index is 0.155. The molecule has 3 rings (SSSR count). The quantitative estimate of drug-likeness (QED) is 0.622. The predicted octanol–water partition coefficient (Wildman–Crippen LogP) is 3.33. The van der Waals surface area contributed by atoms with Crippen molar-refractivity contribution in [2.24, 2.45) is 0 Å². The normalized spacial score (nSPS) is 10.2. The third kappa shape index (κ3) is 5.07. The fraction of sp³-hybridized carbons (Fsp3) is 0.143. The number of aromatic nitrogens is 2. The van der Waals surface area contributed by atoms with Gasteiger partial charge in [-0.25, -0.2) is 14.8 Å². The Balaban J connectivity index is 1.65. The summed E-state index contributed by atoms with van der Waals surface area (Å²) in [4.78, 5) is 34.4. The van der Waals surface area contributed by atoms with Crippen LogP contribution in [0.25, 0.3) is 0 Å². The van der Waals surface area contributed by atoms with Crippen LogP contribution in [-0.2, 0) is 4.74 Å². The zero-order valence-corrected chi connectivity index (χ0v) is 16.3. The summed E-state index contributed by atoms with van der Waals surface area (Å²) >= 11 is 0. The first-order valence-electron chi connectivity index (χ1n) is 8.82. The molecule has 0 aliphatic heterocycles. The lowest BCUT2D eigenvalue weighted by Gasteiger charge is -2.13. The van der Waals surface area contributed by atoms with Crippen LogP contribution >= 0.6 is 0 Å². The number of methoxy groups -OCH3 is 1. The van der Waals surface area contributed by atoms with Gasteiger partial charge in [-0.1, -0.05) is 6.07 Å².